The number of carbonyl (C=O) groups excluding carboxylic acids is 1. The first-order chi connectivity index (χ1) is 10.8. The molecule has 23 heavy (non-hydrogen) atoms. The van der Waals surface area contributed by atoms with Crippen LogP contribution >= 0.6 is 0 Å². The molecule has 5 nitrogen and oxygen atoms in total. The Labute approximate surface area is 129 Å². The summed E-state index contributed by atoms with van der Waals surface area (Å²) in [6, 6.07) is 6.25. The Morgan fingerprint density at radius 1 is 1.09 bits per heavy atom. The van der Waals surface area contributed by atoms with E-state index in [-0.39, 0.29) is 22.8 Å². The van der Waals surface area contributed by atoms with Gasteiger partial charge in [0.2, 0.25) is 0 Å². The zero-order chi connectivity index (χ0) is 17.0. The molecule has 0 amide bonds. The Bertz CT molecular complexity index is 699. The van der Waals surface area contributed by atoms with Gasteiger partial charge in [-0.15, -0.1) is 0 Å². The molecular weight excluding hydrogens is 315 g/mol. The lowest BCUT2D eigenvalue weighted by Crippen LogP contribution is -2.07. The van der Waals surface area contributed by atoms with Crippen molar-refractivity contribution in [1.82, 2.24) is 4.98 Å². The summed E-state index contributed by atoms with van der Waals surface area (Å²) in [5.41, 5.74) is -0.764. The highest BCUT2D eigenvalue weighted by molar-refractivity contribution is 5.90. The average molecular weight is 327 g/mol. The standard InChI is InChI=1S/C15H12F3NO4/c1-21-12-7-9(14(20)22-2)3-5-11(12)23-10-4-6-13(19-8-10)15(16,17)18/h3-8H,1-2H3. The fourth-order valence-electron chi connectivity index (χ4n) is 1.73. The summed E-state index contributed by atoms with van der Waals surface area (Å²) in [5.74, 6) is 0.00248. The second-order valence-corrected chi connectivity index (χ2v) is 4.34. The summed E-state index contributed by atoms with van der Waals surface area (Å²) in [6.45, 7) is 0. The number of alkyl halides is 3. The van der Waals surface area contributed by atoms with Gasteiger partial charge in [-0.3, -0.25) is 0 Å². The highest BCUT2D eigenvalue weighted by Crippen LogP contribution is 2.33. The molecular formula is C15H12F3NO4. The molecule has 2 rings (SSSR count). The fourth-order valence-corrected chi connectivity index (χ4v) is 1.73. The first kappa shape index (κ1) is 16.6. The zero-order valence-corrected chi connectivity index (χ0v) is 12.2. The SMILES string of the molecule is COC(=O)c1ccc(Oc2ccc(C(F)(F)F)nc2)c(OC)c1. The van der Waals surface area contributed by atoms with Gasteiger partial charge in [-0.2, -0.15) is 13.2 Å². The molecule has 0 bridgehead atoms. The molecule has 1 aromatic heterocycles. The highest BCUT2D eigenvalue weighted by Gasteiger charge is 2.32. The minimum Gasteiger partial charge on any atom is -0.493 e. The van der Waals surface area contributed by atoms with Gasteiger partial charge in [0.25, 0.3) is 0 Å². The molecule has 0 radical (unpaired) electrons. The lowest BCUT2D eigenvalue weighted by molar-refractivity contribution is -0.141. The molecule has 0 atom stereocenters. The molecule has 0 saturated carbocycles. The largest absolute Gasteiger partial charge is 0.493 e. The Balaban J connectivity index is 2.24. The third-order valence-electron chi connectivity index (χ3n) is 2.84. The summed E-state index contributed by atoms with van der Waals surface area (Å²) in [7, 11) is 2.61. The van der Waals surface area contributed by atoms with Crippen LogP contribution in [-0.2, 0) is 10.9 Å². The van der Waals surface area contributed by atoms with E-state index in [9.17, 15) is 18.0 Å². The van der Waals surface area contributed by atoms with Crippen molar-refractivity contribution < 1.29 is 32.2 Å². The Morgan fingerprint density at radius 2 is 1.83 bits per heavy atom. The first-order valence-corrected chi connectivity index (χ1v) is 6.32. The quantitative estimate of drug-likeness (QED) is 0.802. The van der Waals surface area contributed by atoms with Gasteiger partial charge in [0, 0.05) is 0 Å². The number of aromatic nitrogens is 1. The third-order valence-corrected chi connectivity index (χ3v) is 2.84. The number of esters is 1. The van der Waals surface area contributed by atoms with Crippen molar-refractivity contribution in [3.63, 3.8) is 0 Å². The van der Waals surface area contributed by atoms with Gasteiger partial charge >= 0.3 is 12.1 Å². The van der Waals surface area contributed by atoms with Crippen LogP contribution in [0.4, 0.5) is 13.2 Å². The molecule has 0 saturated heterocycles. The molecule has 122 valence electrons. The first-order valence-electron chi connectivity index (χ1n) is 6.32. The molecule has 0 aliphatic heterocycles. The number of ether oxygens (including phenoxy) is 3. The van der Waals surface area contributed by atoms with Crippen molar-refractivity contribution in [2.24, 2.45) is 0 Å². The van der Waals surface area contributed by atoms with Crippen LogP contribution < -0.4 is 9.47 Å². The van der Waals surface area contributed by atoms with Gasteiger partial charge in [0.15, 0.2) is 11.5 Å². The monoisotopic (exact) mass is 327 g/mol. The molecule has 0 aliphatic rings. The number of rotatable bonds is 4. The number of hydrogen-bond acceptors (Lipinski definition) is 5. The van der Waals surface area contributed by atoms with E-state index in [1.54, 1.807) is 0 Å². The molecule has 1 aromatic carbocycles. The van der Waals surface area contributed by atoms with Crippen LogP contribution in [0.3, 0.4) is 0 Å². The van der Waals surface area contributed by atoms with E-state index in [2.05, 4.69) is 9.72 Å². The molecule has 0 spiro atoms. The highest BCUT2D eigenvalue weighted by atomic mass is 19.4. The van der Waals surface area contributed by atoms with Crippen molar-refractivity contribution in [1.29, 1.82) is 0 Å². The maximum atomic E-state index is 12.5. The van der Waals surface area contributed by atoms with Crippen molar-refractivity contribution in [2.75, 3.05) is 14.2 Å². The van der Waals surface area contributed by atoms with E-state index in [1.165, 1.54) is 32.4 Å². The number of nitrogens with zero attached hydrogens (tertiary/aromatic N) is 1. The van der Waals surface area contributed by atoms with Gasteiger partial charge < -0.3 is 14.2 Å². The van der Waals surface area contributed by atoms with Crippen molar-refractivity contribution >= 4 is 5.97 Å². The molecule has 0 aliphatic carbocycles. The molecule has 2 aromatic rings. The van der Waals surface area contributed by atoms with Gasteiger partial charge in [-0.1, -0.05) is 0 Å². The maximum Gasteiger partial charge on any atom is 0.433 e. The van der Waals surface area contributed by atoms with Gasteiger partial charge in [0.1, 0.15) is 11.4 Å². The second-order valence-electron chi connectivity index (χ2n) is 4.34. The van der Waals surface area contributed by atoms with Crippen LogP contribution in [0.1, 0.15) is 16.1 Å². The zero-order valence-electron chi connectivity index (χ0n) is 12.2. The van der Waals surface area contributed by atoms with Crippen LogP contribution in [0.5, 0.6) is 17.2 Å². The molecule has 1 heterocycles. The minimum atomic E-state index is -4.52. The minimum absolute atomic E-state index is 0.0992. The van der Waals surface area contributed by atoms with Gasteiger partial charge in [-0.25, -0.2) is 9.78 Å². The topological polar surface area (TPSA) is 57.7 Å². The number of benzene rings is 1. The van der Waals surface area contributed by atoms with Crippen molar-refractivity contribution in [2.45, 2.75) is 6.18 Å². The summed E-state index contributed by atoms with van der Waals surface area (Å²) < 4.78 is 52.5. The molecule has 0 N–H and O–H groups in total. The second kappa shape index (κ2) is 6.55. The Morgan fingerprint density at radius 3 is 2.35 bits per heavy atom. The lowest BCUT2D eigenvalue weighted by Gasteiger charge is -2.12. The van der Waals surface area contributed by atoms with E-state index in [4.69, 9.17) is 9.47 Å². The Kier molecular flexibility index (Phi) is 4.73. The predicted octanol–water partition coefficient (Wildman–Crippen LogP) is 3.69. The van der Waals surface area contributed by atoms with Crippen LogP contribution in [0.25, 0.3) is 0 Å². The summed E-state index contributed by atoms with van der Waals surface area (Å²) in [6.07, 6.45) is -3.56. The van der Waals surface area contributed by atoms with Crippen molar-refractivity contribution in [3.05, 3.63) is 47.8 Å². The lowest BCUT2D eigenvalue weighted by atomic mass is 10.2. The third kappa shape index (κ3) is 3.91. The summed E-state index contributed by atoms with van der Waals surface area (Å²) in [4.78, 5) is 14.7. The van der Waals surface area contributed by atoms with Crippen molar-refractivity contribution in [3.8, 4) is 17.2 Å². The average Bonchev–Trinajstić information content (AvgIpc) is 2.54. The number of methoxy groups -OCH3 is 2. The van der Waals surface area contributed by atoms with E-state index in [1.807, 2.05) is 0 Å². The number of hydrogen-bond donors (Lipinski definition) is 0. The summed E-state index contributed by atoms with van der Waals surface area (Å²) in [5, 5.41) is 0. The number of halogens is 3. The number of carbonyl (C=O) groups is 1. The van der Waals surface area contributed by atoms with Crippen LogP contribution in [0, 0.1) is 0 Å². The van der Waals surface area contributed by atoms with Crippen LogP contribution in [-0.4, -0.2) is 25.2 Å². The Hall–Kier alpha value is -2.77. The molecule has 0 fully saturated rings. The molecule has 0 unspecified atom stereocenters. The normalized spacial score (nSPS) is 11.0. The fraction of sp³-hybridized carbons (Fsp3) is 0.200. The predicted molar refractivity (Wildman–Crippen MR) is 73.6 cm³/mol. The summed E-state index contributed by atoms with van der Waals surface area (Å²) >= 11 is 0. The van der Waals surface area contributed by atoms with Crippen LogP contribution in [0.15, 0.2) is 36.5 Å². The van der Waals surface area contributed by atoms with Gasteiger partial charge in [0.05, 0.1) is 26.0 Å². The van der Waals surface area contributed by atoms with Gasteiger partial charge in [-0.05, 0) is 30.3 Å². The van der Waals surface area contributed by atoms with Crippen LogP contribution in [0.2, 0.25) is 0 Å². The molecule has 8 heteroatoms. The maximum absolute atomic E-state index is 12.5. The van der Waals surface area contributed by atoms with E-state index < -0.39 is 17.8 Å². The van der Waals surface area contributed by atoms with E-state index in [0.29, 0.717) is 0 Å². The van der Waals surface area contributed by atoms with E-state index in [0.717, 1.165) is 18.3 Å². The number of pyridine rings is 1. The smallest absolute Gasteiger partial charge is 0.433 e. The van der Waals surface area contributed by atoms with E-state index >= 15 is 0 Å².